The summed E-state index contributed by atoms with van der Waals surface area (Å²) in [6, 6.07) is 12.5. The summed E-state index contributed by atoms with van der Waals surface area (Å²) in [5.74, 6) is 0. The Kier molecular flexibility index (Phi) is 3.46. The van der Waals surface area contributed by atoms with Gasteiger partial charge in [0.1, 0.15) is 0 Å². The Labute approximate surface area is 112 Å². The van der Waals surface area contributed by atoms with E-state index < -0.39 is 9.84 Å². The molecule has 0 radical (unpaired) electrons. The van der Waals surface area contributed by atoms with Gasteiger partial charge in [-0.1, -0.05) is 29.8 Å². The summed E-state index contributed by atoms with van der Waals surface area (Å²) < 4.78 is 22.8. The molecule has 0 aliphatic rings. The molecule has 0 aromatic heterocycles. The van der Waals surface area contributed by atoms with Crippen LogP contribution in [0.3, 0.4) is 0 Å². The van der Waals surface area contributed by atoms with Crippen molar-refractivity contribution in [3.8, 4) is 11.1 Å². The average Bonchev–Trinajstić information content (AvgIpc) is 2.31. The molecule has 2 rings (SSSR count). The van der Waals surface area contributed by atoms with Crippen molar-refractivity contribution in [3.05, 3.63) is 53.1 Å². The molecule has 0 aliphatic carbocycles. The van der Waals surface area contributed by atoms with E-state index in [0.29, 0.717) is 9.92 Å². The second-order valence-corrected chi connectivity index (χ2v) is 6.71. The minimum Gasteiger partial charge on any atom is -0.224 e. The molecule has 2 aromatic rings. The standard InChI is InChI=1S/C14H13ClO2S/c1-10-3-6-12(15)9-14(10)11-4-7-13(8-5-11)18(2,16)17/h3-9H,1-2H3. The van der Waals surface area contributed by atoms with Crippen molar-refractivity contribution in [2.24, 2.45) is 0 Å². The van der Waals surface area contributed by atoms with Crippen LogP contribution >= 0.6 is 11.6 Å². The van der Waals surface area contributed by atoms with Gasteiger partial charge in [0.05, 0.1) is 4.90 Å². The van der Waals surface area contributed by atoms with E-state index in [4.69, 9.17) is 11.6 Å². The molecule has 0 bridgehead atoms. The number of rotatable bonds is 2. The van der Waals surface area contributed by atoms with Crippen LogP contribution in [0.5, 0.6) is 0 Å². The largest absolute Gasteiger partial charge is 0.224 e. The highest BCUT2D eigenvalue weighted by atomic mass is 35.5. The topological polar surface area (TPSA) is 34.1 Å². The fraction of sp³-hybridized carbons (Fsp3) is 0.143. The smallest absolute Gasteiger partial charge is 0.175 e. The van der Waals surface area contributed by atoms with Crippen LogP contribution in [0, 0.1) is 6.92 Å². The second kappa shape index (κ2) is 4.75. The summed E-state index contributed by atoms with van der Waals surface area (Å²) >= 11 is 5.97. The lowest BCUT2D eigenvalue weighted by Crippen LogP contribution is -1.96. The Hall–Kier alpha value is -1.32. The van der Waals surface area contributed by atoms with Crippen molar-refractivity contribution in [3.63, 3.8) is 0 Å². The fourth-order valence-corrected chi connectivity index (χ4v) is 2.59. The van der Waals surface area contributed by atoms with Crippen LogP contribution in [0.1, 0.15) is 5.56 Å². The molecule has 2 nitrogen and oxygen atoms in total. The summed E-state index contributed by atoms with van der Waals surface area (Å²) in [7, 11) is -3.15. The number of hydrogen-bond donors (Lipinski definition) is 0. The summed E-state index contributed by atoms with van der Waals surface area (Å²) in [5.41, 5.74) is 3.08. The van der Waals surface area contributed by atoms with Gasteiger partial charge in [-0.2, -0.15) is 0 Å². The molecule has 0 spiro atoms. The van der Waals surface area contributed by atoms with E-state index in [-0.39, 0.29) is 0 Å². The second-order valence-electron chi connectivity index (χ2n) is 4.26. The number of aryl methyl sites for hydroxylation is 1. The zero-order valence-electron chi connectivity index (χ0n) is 10.1. The van der Waals surface area contributed by atoms with Crippen molar-refractivity contribution in [2.45, 2.75) is 11.8 Å². The van der Waals surface area contributed by atoms with E-state index in [1.54, 1.807) is 24.3 Å². The van der Waals surface area contributed by atoms with Crippen LogP contribution < -0.4 is 0 Å². The Morgan fingerprint density at radius 1 is 1.00 bits per heavy atom. The van der Waals surface area contributed by atoms with Gasteiger partial charge in [0.15, 0.2) is 9.84 Å². The minimum absolute atomic E-state index is 0.325. The maximum Gasteiger partial charge on any atom is 0.175 e. The average molecular weight is 281 g/mol. The molecular formula is C14H13ClO2S. The Balaban J connectivity index is 2.50. The summed E-state index contributed by atoms with van der Waals surface area (Å²) in [5, 5.41) is 0.669. The highest BCUT2D eigenvalue weighted by molar-refractivity contribution is 7.90. The van der Waals surface area contributed by atoms with Crippen molar-refractivity contribution in [2.75, 3.05) is 6.26 Å². The van der Waals surface area contributed by atoms with Gasteiger partial charge in [-0.05, 0) is 47.9 Å². The molecule has 0 saturated heterocycles. The molecule has 0 fully saturated rings. The molecule has 2 aromatic carbocycles. The third-order valence-electron chi connectivity index (χ3n) is 2.79. The molecule has 0 amide bonds. The first-order chi connectivity index (χ1) is 8.38. The first-order valence-corrected chi connectivity index (χ1v) is 7.71. The van der Waals surface area contributed by atoms with Crippen LogP contribution in [0.25, 0.3) is 11.1 Å². The molecule has 0 saturated carbocycles. The number of benzene rings is 2. The maximum absolute atomic E-state index is 11.4. The van der Waals surface area contributed by atoms with Gasteiger partial charge in [-0.25, -0.2) is 8.42 Å². The van der Waals surface area contributed by atoms with E-state index in [2.05, 4.69) is 0 Å². The highest BCUT2D eigenvalue weighted by Gasteiger charge is 2.08. The molecule has 0 N–H and O–H groups in total. The quantitative estimate of drug-likeness (QED) is 0.840. The molecular weight excluding hydrogens is 268 g/mol. The van der Waals surface area contributed by atoms with E-state index in [9.17, 15) is 8.42 Å². The van der Waals surface area contributed by atoms with Crippen LogP contribution in [-0.4, -0.2) is 14.7 Å². The maximum atomic E-state index is 11.4. The number of hydrogen-bond acceptors (Lipinski definition) is 2. The van der Waals surface area contributed by atoms with Crippen LogP contribution in [0.4, 0.5) is 0 Å². The highest BCUT2D eigenvalue weighted by Crippen LogP contribution is 2.27. The summed E-state index contributed by atoms with van der Waals surface area (Å²) in [4.78, 5) is 0.325. The van der Waals surface area contributed by atoms with Gasteiger partial charge in [-0.3, -0.25) is 0 Å². The van der Waals surface area contributed by atoms with Gasteiger partial charge < -0.3 is 0 Å². The molecule has 94 valence electrons. The van der Waals surface area contributed by atoms with Crippen molar-refractivity contribution < 1.29 is 8.42 Å². The monoisotopic (exact) mass is 280 g/mol. The summed E-state index contributed by atoms with van der Waals surface area (Å²) in [6.45, 7) is 2.00. The van der Waals surface area contributed by atoms with Crippen molar-refractivity contribution in [1.82, 2.24) is 0 Å². The zero-order valence-corrected chi connectivity index (χ0v) is 11.7. The van der Waals surface area contributed by atoms with Crippen molar-refractivity contribution in [1.29, 1.82) is 0 Å². The van der Waals surface area contributed by atoms with Crippen LogP contribution in [-0.2, 0) is 9.84 Å². The molecule has 0 atom stereocenters. The predicted molar refractivity (Wildman–Crippen MR) is 74.7 cm³/mol. The van der Waals surface area contributed by atoms with Gasteiger partial charge >= 0.3 is 0 Å². The predicted octanol–water partition coefficient (Wildman–Crippen LogP) is 3.72. The van der Waals surface area contributed by atoms with E-state index in [1.165, 1.54) is 6.26 Å². The van der Waals surface area contributed by atoms with E-state index in [0.717, 1.165) is 16.7 Å². The molecule has 18 heavy (non-hydrogen) atoms. The van der Waals surface area contributed by atoms with Gasteiger partial charge in [0.25, 0.3) is 0 Å². The van der Waals surface area contributed by atoms with E-state index in [1.807, 2.05) is 25.1 Å². The fourth-order valence-electron chi connectivity index (χ4n) is 1.79. The number of sulfone groups is 1. The van der Waals surface area contributed by atoms with Crippen LogP contribution in [0.2, 0.25) is 5.02 Å². The molecule has 0 unspecified atom stereocenters. The Morgan fingerprint density at radius 3 is 2.17 bits per heavy atom. The van der Waals surface area contributed by atoms with Crippen molar-refractivity contribution >= 4 is 21.4 Å². The third kappa shape index (κ3) is 2.74. The van der Waals surface area contributed by atoms with Gasteiger partial charge in [-0.15, -0.1) is 0 Å². The van der Waals surface area contributed by atoms with Crippen LogP contribution in [0.15, 0.2) is 47.4 Å². The molecule has 4 heteroatoms. The van der Waals surface area contributed by atoms with E-state index >= 15 is 0 Å². The molecule has 0 aliphatic heterocycles. The third-order valence-corrected chi connectivity index (χ3v) is 4.16. The lowest BCUT2D eigenvalue weighted by Gasteiger charge is -2.07. The number of halogens is 1. The lowest BCUT2D eigenvalue weighted by atomic mass is 10.0. The minimum atomic E-state index is -3.15. The molecule has 0 heterocycles. The Morgan fingerprint density at radius 2 is 1.61 bits per heavy atom. The Bertz CT molecular complexity index is 673. The zero-order chi connectivity index (χ0) is 13.3. The van der Waals surface area contributed by atoms with Gasteiger partial charge in [0, 0.05) is 11.3 Å². The lowest BCUT2D eigenvalue weighted by molar-refractivity contribution is 0.602. The first-order valence-electron chi connectivity index (χ1n) is 5.44. The summed E-state index contributed by atoms with van der Waals surface area (Å²) in [6.07, 6.45) is 1.20. The van der Waals surface area contributed by atoms with Gasteiger partial charge in [0.2, 0.25) is 0 Å². The SMILES string of the molecule is Cc1ccc(Cl)cc1-c1ccc(S(C)(=O)=O)cc1. The first kappa shape index (κ1) is 13.1. The normalized spacial score (nSPS) is 11.5.